The summed E-state index contributed by atoms with van der Waals surface area (Å²) >= 11 is 0. The average Bonchev–Trinajstić information content (AvgIpc) is 2.30. The van der Waals surface area contributed by atoms with Gasteiger partial charge >= 0.3 is 0 Å². The molecule has 0 unspecified atom stereocenters. The first-order chi connectivity index (χ1) is 7.69. The molecule has 6 heteroatoms. The third kappa shape index (κ3) is 2.74. The van der Waals surface area contributed by atoms with Crippen LogP contribution in [0.25, 0.3) is 0 Å². The molecule has 2 N–H and O–H groups in total. The number of imide groups is 2. The largest absolute Gasteiger partial charge is 0.295 e. The normalized spacial score (nSPS) is 9.00. The molecule has 4 amide bonds. The second kappa shape index (κ2) is 5.40. The van der Waals surface area contributed by atoms with Gasteiger partial charge in [-0.25, -0.2) is 0 Å². The summed E-state index contributed by atoms with van der Waals surface area (Å²) in [5.74, 6) is -1.12. The number of carbonyl (C=O) groups is 4. The van der Waals surface area contributed by atoms with E-state index in [2.05, 4.69) is 0 Å². The number of benzene rings is 1. The van der Waals surface area contributed by atoms with Crippen molar-refractivity contribution in [3.05, 3.63) is 35.4 Å². The van der Waals surface area contributed by atoms with Crippen LogP contribution < -0.4 is 10.6 Å². The van der Waals surface area contributed by atoms with E-state index in [4.69, 9.17) is 0 Å². The first kappa shape index (κ1) is 11.6. The van der Waals surface area contributed by atoms with E-state index in [1.54, 1.807) is 0 Å². The molecule has 1 rings (SSSR count). The van der Waals surface area contributed by atoms with Crippen molar-refractivity contribution in [2.45, 2.75) is 0 Å². The molecule has 1 aromatic carbocycles. The lowest BCUT2D eigenvalue weighted by atomic mass is 10.1. The van der Waals surface area contributed by atoms with Crippen LogP contribution >= 0.6 is 0 Å². The third-order valence-electron chi connectivity index (χ3n) is 1.79. The van der Waals surface area contributed by atoms with Crippen LogP contribution in [0.1, 0.15) is 20.7 Å². The SMILES string of the molecule is O=CNC(=O)c1ccc(C(=O)NC=O)cc1. The summed E-state index contributed by atoms with van der Waals surface area (Å²) in [7, 11) is 0. The molecule has 0 fully saturated rings. The van der Waals surface area contributed by atoms with Gasteiger partial charge in [0.2, 0.25) is 12.8 Å². The fourth-order valence-corrected chi connectivity index (χ4v) is 1.05. The number of nitrogens with one attached hydrogen (secondary N) is 2. The fraction of sp³-hybridized carbons (Fsp3) is 0. The zero-order chi connectivity index (χ0) is 12.0. The number of hydrogen-bond acceptors (Lipinski definition) is 4. The van der Waals surface area contributed by atoms with Gasteiger partial charge in [0, 0.05) is 11.1 Å². The Bertz CT molecular complexity index is 384. The summed E-state index contributed by atoms with van der Waals surface area (Å²) in [4.78, 5) is 42.3. The van der Waals surface area contributed by atoms with Crippen LogP contribution in [0.2, 0.25) is 0 Å². The summed E-state index contributed by atoms with van der Waals surface area (Å²) in [6.45, 7) is 0. The summed E-state index contributed by atoms with van der Waals surface area (Å²) in [5, 5.41) is 3.92. The van der Waals surface area contributed by atoms with Crippen LogP contribution in [0.5, 0.6) is 0 Å². The predicted octanol–water partition coefficient (Wildman–Crippen LogP) is -0.541. The molecule has 6 nitrogen and oxygen atoms in total. The van der Waals surface area contributed by atoms with Crippen LogP contribution in [0, 0.1) is 0 Å². The highest BCUT2D eigenvalue weighted by Gasteiger charge is 2.07. The molecule has 0 aliphatic rings. The van der Waals surface area contributed by atoms with Gasteiger partial charge in [-0.05, 0) is 24.3 Å². The first-order valence-corrected chi connectivity index (χ1v) is 4.28. The lowest BCUT2D eigenvalue weighted by molar-refractivity contribution is -0.109. The summed E-state index contributed by atoms with van der Waals surface area (Å²) in [6, 6.07) is 5.49. The van der Waals surface area contributed by atoms with Crippen molar-refractivity contribution in [2.24, 2.45) is 0 Å². The second-order valence-electron chi connectivity index (χ2n) is 2.76. The van der Waals surface area contributed by atoms with Crippen molar-refractivity contribution in [2.75, 3.05) is 0 Å². The maximum atomic E-state index is 11.2. The van der Waals surface area contributed by atoms with Gasteiger partial charge in [-0.3, -0.25) is 29.8 Å². The van der Waals surface area contributed by atoms with Crippen molar-refractivity contribution in [3.8, 4) is 0 Å². The van der Waals surface area contributed by atoms with E-state index in [1.165, 1.54) is 24.3 Å². The van der Waals surface area contributed by atoms with Gasteiger partial charge in [-0.2, -0.15) is 0 Å². The monoisotopic (exact) mass is 220 g/mol. The molecule has 0 heterocycles. The van der Waals surface area contributed by atoms with Gasteiger partial charge < -0.3 is 0 Å². The average molecular weight is 220 g/mol. The Morgan fingerprint density at radius 1 is 0.812 bits per heavy atom. The smallest absolute Gasteiger partial charge is 0.257 e. The van der Waals surface area contributed by atoms with Crippen molar-refractivity contribution >= 4 is 24.6 Å². The minimum Gasteiger partial charge on any atom is -0.295 e. The van der Waals surface area contributed by atoms with Gasteiger partial charge in [0.05, 0.1) is 0 Å². The molecule has 0 radical (unpaired) electrons. The molecular weight excluding hydrogens is 212 g/mol. The number of rotatable bonds is 4. The summed E-state index contributed by atoms with van der Waals surface area (Å²) < 4.78 is 0. The Balaban J connectivity index is 2.82. The van der Waals surface area contributed by atoms with Crippen molar-refractivity contribution in [1.29, 1.82) is 0 Å². The van der Waals surface area contributed by atoms with Crippen LogP contribution in [-0.4, -0.2) is 24.6 Å². The Hall–Kier alpha value is -2.50. The van der Waals surface area contributed by atoms with Gasteiger partial charge in [-0.1, -0.05) is 0 Å². The maximum Gasteiger partial charge on any atom is 0.257 e. The molecule has 0 aliphatic heterocycles. The van der Waals surface area contributed by atoms with Crippen LogP contribution in [0.3, 0.4) is 0 Å². The topological polar surface area (TPSA) is 92.3 Å². The zero-order valence-electron chi connectivity index (χ0n) is 8.10. The molecule has 0 aromatic heterocycles. The molecule has 0 aliphatic carbocycles. The minimum absolute atomic E-state index is 0.245. The van der Waals surface area contributed by atoms with E-state index in [-0.39, 0.29) is 23.9 Å². The lowest BCUT2D eigenvalue weighted by Gasteiger charge is -2.01. The second-order valence-corrected chi connectivity index (χ2v) is 2.76. The van der Waals surface area contributed by atoms with E-state index in [0.717, 1.165) is 0 Å². The molecule has 0 bridgehead atoms. The highest BCUT2D eigenvalue weighted by molar-refractivity contribution is 6.02. The van der Waals surface area contributed by atoms with Crippen LogP contribution in [-0.2, 0) is 9.59 Å². The molecule has 82 valence electrons. The number of carbonyl (C=O) groups excluding carboxylic acids is 4. The molecular formula is C10H8N2O4. The van der Waals surface area contributed by atoms with Gasteiger partial charge in [0.1, 0.15) is 0 Å². The molecule has 0 saturated carbocycles. The Morgan fingerprint density at radius 3 is 1.38 bits per heavy atom. The van der Waals surface area contributed by atoms with E-state index in [9.17, 15) is 19.2 Å². The van der Waals surface area contributed by atoms with Crippen molar-refractivity contribution < 1.29 is 19.2 Å². The Labute approximate surface area is 90.6 Å². The lowest BCUT2D eigenvalue weighted by Crippen LogP contribution is -2.23. The highest BCUT2D eigenvalue weighted by Crippen LogP contribution is 2.03. The molecule has 0 saturated heterocycles. The minimum atomic E-state index is -0.558. The molecule has 0 atom stereocenters. The van der Waals surface area contributed by atoms with Crippen molar-refractivity contribution in [3.63, 3.8) is 0 Å². The van der Waals surface area contributed by atoms with E-state index in [0.29, 0.717) is 0 Å². The van der Waals surface area contributed by atoms with E-state index < -0.39 is 11.8 Å². The van der Waals surface area contributed by atoms with Crippen LogP contribution in [0.15, 0.2) is 24.3 Å². The molecule has 16 heavy (non-hydrogen) atoms. The Kier molecular flexibility index (Phi) is 3.90. The molecule has 1 aromatic rings. The summed E-state index contributed by atoms with van der Waals surface area (Å²) in [6.07, 6.45) is 0.546. The standard InChI is InChI=1S/C10H8N2O4/c13-5-11-9(15)7-1-2-8(4-3-7)10(16)12-6-14/h1-6H,(H,11,13,15)(H,12,14,16). The van der Waals surface area contributed by atoms with Gasteiger partial charge in [0.25, 0.3) is 11.8 Å². The third-order valence-corrected chi connectivity index (χ3v) is 1.79. The number of hydrogen-bond donors (Lipinski definition) is 2. The highest BCUT2D eigenvalue weighted by atomic mass is 16.2. The van der Waals surface area contributed by atoms with Gasteiger partial charge in [0.15, 0.2) is 0 Å². The maximum absolute atomic E-state index is 11.2. The zero-order valence-corrected chi connectivity index (χ0v) is 8.10. The first-order valence-electron chi connectivity index (χ1n) is 4.28. The van der Waals surface area contributed by atoms with E-state index >= 15 is 0 Å². The quantitative estimate of drug-likeness (QED) is 0.666. The van der Waals surface area contributed by atoms with Gasteiger partial charge in [-0.15, -0.1) is 0 Å². The summed E-state index contributed by atoms with van der Waals surface area (Å²) in [5.41, 5.74) is 0.490. The predicted molar refractivity (Wildman–Crippen MR) is 53.5 cm³/mol. The van der Waals surface area contributed by atoms with Crippen LogP contribution in [0.4, 0.5) is 0 Å². The molecule has 0 spiro atoms. The fourth-order valence-electron chi connectivity index (χ4n) is 1.05. The van der Waals surface area contributed by atoms with E-state index in [1.807, 2.05) is 10.6 Å². The number of amides is 4. The van der Waals surface area contributed by atoms with Crippen molar-refractivity contribution in [1.82, 2.24) is 10.6 Å². The Morgan fingerprint density at radius 2 is 1.12 bits per heavy atom.